The second-order valence-corrected chi connectivity index (χ2v) is 6.61. The molecule has 1 aromatic rings. The predicted octanol–water partition coefficient (Wildman–Crippen LogP) is 2.25. The molecule has 2 rings (SSSR count). The molecule has 0 unspecified atom stereocenters. The molecular formula is C12H13F3NO2S. The van der Waals surface area contributed by atoms with E-state index in [0.717, 1.165) is 12.1 Å². The van der Waals surface area contributed by atoms with Crippen molar-refractivity contribution >= 4 is 9.84 Å². The van der Waals surface area contributed by atoms with Crippen LogP contribution in [0.3, 0.4) is 0 Å². The minimum absolute atomic E-state index is 0.286. The molecule has 0 atom stereocenters. The molecule has 0 saturated carbocycles. The molecule has 1 aliphatic rings. The molecule has 0 amide bonds. The number of sulfone groups is 1. The van der Waals surface area contributed by atoms with Crippen LogP contribution in [0.25, 0.3) is 0 Å². The fraction of sp³-hybridized carbons (Fsp3) is 0.500. The Balaban J connectivity index is 2.46. The van der Waals surface area contributed by atoms with Gasteiger partial charge in [-0.3, -0.25) is 0 Å². The molecule has 1 radical (unpaired) electrons. The van der Waals surface area contributed by atoms with E-state index in [1.807, 2.05) is 0 Å². The van der Waals surface area contributed by atoms with Crippen molar-refractivity contribution in [1.29, 1.82) is 0 Å². The van der Waals surface area contributed by atoms with Crippen LogP contribution in [0.5, 0.6) is 0 Å². The maximum absolute atomic E-state index is 12.9. The van der Waals surface area contributed by atoms with Crippen LogP contribution in [0, 0.1) is 0 Å². The number of halogens is 3. The number of benzene rings is 1. The summed E-state index contributed by atoms with van der Waals surface area (Å²) in [6.07, 6.45) is -4.09. The summed E-state index contributed by atoms with van der Waals surface area (Å²) in [5.41, 5.74) is -1.09. The Kier molecular flexibility index (Phi) is 3.87. The van der Waals surface area contributed by atoms with Crippen LogP contribution in [-0.2, 0) is 16.0 Å². The minimum atomic E-state index is -4.66. The van der Waals surface area contributed by atoms with E-state index >= 15 is 0 Å². The summed E-state index contributed by atoms with van der Waals surface area (Å²) < 4.78 is 63.2. The lowest BCUT2D eigenvalue weighted by Gasteiger charge is -2.23. The van der Waals surface area contributed by atoms with Gasteiger partial charge in [-0.2, -0.15) is 13.2 Å². The van der Waals surface area contributed by atoms with Crippen molar-refractivity contribution in [3.05, 3.63) is 29.8 Å². The second-order valence-electron chi connectivity index (χ2n) is 4.41. The van der Waals surface area contributed by atoms with E-state index in [9.17, 15) is 21.6 Å². The summed E-state index contributed by atoms with van der Waals surface area (Å²) in [5.74, 6) is 0. The molecular weight excluding hydrogens is 279 g/mol. The van der Waals surface area contributed by atoms with Gasteiger partial charge >= 0.3 is 6.18 Å². The molecule has 1 heterocycles. The zero-order chi connectivity index (χ0) is 14.1. The second kappa shape index (κ2) is 5.13. The van der Waals surface area contributed by atoms with Gasteiger partial charge in [0.05, 0.1) is 15.7 Å². The number of hydrogen-bond acceptors (Lipinski definition) is 2. The summed E-state index contributed by atoms with van der Waals surface area (Å²) in [5, 5.41) is 3.25. The molecule has 1 aliphatic heterocycles. The van der Waals surface area contributed by atoms with Crippen LogP contribution in [0.15, 0.2) is 29.2 Å². The Bertz CT molecular complexity index is 548. The SMILES string of the molecule is O=S(=O)(c1ccccc1C(F)(F)F)C1CC[N]CC1. The van der Waals surface area contributed by atoms with Gasteiger partial charge in [-0.15, -0.1) is 0 Å². The number of hydrogen-bond donors (Lipinski definition) is 0. The molecule has 3 nitrogen and oxygen atoms in total. The molecule has 105 valence electrons. The van der Waals surface area contributed by atoms with E-state index in [2.05, 4.69) is 5.32 Å². The summed E-state index contributed by atoms with van der Waals surface area (Å²) >= 11 is 0. The Morgan fingerprint density at radius 3 is 2.26 bits per heavy atom. The van der Waals surface area contributed by atoms with Crippen LogP contribution >= 0.6 is 0 Å². The highest BCUT2D eigenvalue weighted by molar-refractivity contribution is 7.92. The lowest BCUT2D eigenvalue weighted by Crippen LogP contribution is -2.33. The van der Waals surface area contributed by atoms with Gasteiger partial charge in [0.25, 0.3) is 0 Å². The van der Waals surface area contributed by atoms with Crippen molar-refractivity contribution in [2.45, 2.75) is 29.2 Å². The third-order valence-corrected chi connectivity index (χ3v) is 5.47. The van der Waals surface area contributed by atoms with Crippen LogP contribution < -0.4 is 5.32 Å². The van der Waals surface area contributed by atoms with Crippen LogP contribution in [0.4, 0.5) is 13.2 Å². The standard InChI is InChI=1S/C12H13F3NO2S/c13-12(14,15)10-3-1-2-4-11(10)19(17,18)9-5-7-16-8-6-9/h1-4,9H,5-8H2. The first-order chi connectivity index (χ1) is 8.83. The van der Waals surface area contributed by atoms with Crippen LogP contribution in [0.2, 0.25) is 0 Å². The predicted molar refractivity (Wildman–Crippen MR) is 63.5 cm³/mol. The van der Waals surface area contributed by atoms with Crippen molar-refractivity contribution in [1.82, 2.24) is 5.32 Å². The highest BCUT2D eigenvalue weighted by atomic mass is 32.2. The van der Waals surface area contributed by atoms with Gasteiger partial charge in [-0.1, -0.05) is 12.1 Å². The third kappa shape index (κ3) is 2.92. The average Bonchev–Trinajstić information content (AvgIpc) is 2.39. The maximum Gasteiger partial charge on any atom is 0.417 e. The topological polar surface area (TPSA) is 48.2 Å². The largest absolute Gasteiger partial charge is 0.417 e. The summed E-state index contributed by atoms with van der Waals surface area (Å²) in [6, 6.07) is 4.34. The number of alkyl halides is 3. The zero-order valence-electron chi connectivity index (χ0n) is 10.0. The zero-order valence-corrected chi connectivity index (χ0v) is 10.8. The van der Waals surface area contributed by atoms with E-state index < -0.39 is 31.7 Å². The maximum atomic E-state index is 12.9. The molecule has 1 saturated heterocycles. The Labute approximate surface area is 109 Å². The third-order valence-electron chi connectivity index (χ3n) is 3.16. The monoisotopic (exact) mass is 292 g/mol. The highest BCUT2D eigenvalue weighted by Crippen LogP contribution is 2.36. The first-order valence-electron chi connectivity index (χ1n) is 5.87. The van der Waals surface area contributed by atoms with E-state index in [1.54, 1.807) is 0 Å². The van der Waals surface area contributed by atoms with Gasteiger partial charge in [-0.25, -0.2) is 13.7 Å². The summed E-state index contributed by atoms with van der Waals surface area (Å²) in [7, 11) is -3.96. The van der Waals surface area contributed by atoms with Crippen molar-refractivity contribution in [2.24, 2.45) is 0 Å². The number of rotatable bonds is 2. The van der Waals surface area contributed by atoms with Crippen LogP contribution in [0.1, 0.15) is 18.4 Å². The Morgan fingerprint density at radius 2 is 1.68 bits per heavy atom. The molecule has 0 N–H and O–H groups in total. The molecule has 7 heteroatoms. The van der Waals surface area contributed by atoms with Crippen LogP contribution in [-0.4, -0.2) is 26.8 Å². The molecule has 1 aromatic carbocycles. The lowest BCUT2D eigenvalue weighted by atomic mass is 10.2. The lowest BCUT2D eigenvalue weighted by molar-refractivity contribution is -0.139. The number of piperidine rings is 1. The van der Waals surface area contributed by atoms with Gasteiger partial charge in [0.1, 0.15) is 0 Å². The molecule has 19 heavy (non-hydrogen) atoms. The van der Waals surface area contributed by atoms with E-state index in [0.29, 0.717) is 13.1 Å². The van der Waals surface area contributed by atoms with Gasteiger partial charge in [0.2, 0.25) is 0 Å². The van der Waals surface area contributed by atoms with E-state index in [1.165, 1.54) is 12.1 Å². The molecule has 0 bridgehead atoms. The van der Waals surface area contributed by atoms with Crippen molar-refractivity contribution in [2.75, 3.05) is 13.1 Å². The van der Waals surface area contributed by atoms with Gasteiger partial charge < -0.3 is 0 Å². The fourth-order valence-electron chi connectivity index (χ4n) is 2.17. The highest BCUT2D eigenvalue weighted by Gasteiger charge is 2.39. The van der Waals surface area contributed by atoms with E-state index in [-0.39, 0.29) is 12.8 Å². The van der Waals surface area contributed by atoms with Crippen molar-refractivity contribution in [3.63, 3.8) is 0 Å². The molecule has 0 spiro atoms. The molecule has 0 aromatic heterocycles. The normalized spacial score (nSPS) is 18.5. The quantitative estimate of drug-likeness (QED) is 0.839. The first-order valence-corrected chi connectivity index (χ1v) is 7.41. The van der Waals surface area contributed by atoms with Gasteiger partial charge in [0, 0.05) is 13.1 Å². The van der Waals surface area contributed by atoms with Gasteiger partial charge in [0.15, 0.2) is 9.84 Å². The fourth-order valence-corrected chi connectivity index (χ4v) is 4.11. The van der Waals surface area contributed by atoms with Crippen molar-refractivity contribution < 1.29 is 21.6 Å². The number of nitrogens with zero attached hydrogens (tertiary/aromatic N) is 1. The summed E-state index contributed by atoms with van der Waals surface area (Å²) in [4.78, 5) is -0.616. The minimum Gasteiger partial charge on any atom is -0.242 e. The summed E-state index contributed by atoms with van der Waals surface area (Å²) in [6.45, 7) is 0.774. The Hall–Kier alpha value is -1.08. The average molecular weight is 292 g/mol. The first kappa shape index (κ1) is 14.3. The van der Waals surface area contributed by atoms with Gasteiger partial charge in [-0.05, 0) is 25.0 Å². The van der Waals surface area contributed by atoms with Crippen molar-refractivity contribution in [3.8, 4) is 0 Å². The molecule has 1 fully saturated rings. The smallest absolute Gasteiger partial charge is 0.242 e. The molecule has 0 aliphatic carbocycles. The van der Waals surface area contributed by atoms with E-state index in [4.69, 9.17) is 0 Å². The Morgan fingerprint density at radius 1 is 1.11 bits per heavy atom.